The van der Waals surface area contributed by atoms with Gasteiger partial charge in [-0.05, 0) is 36.2 Å². The average Bonchev–Trinajstić information content (AvgIpc) is 2.78. The van der Waals surface area contributed by atoms with Crippen LogP contribution in [0.4, 0.5) is 0 Å². The number of ether oxygens (including phenoxy) is 2. The lowest BCUT2D eigenvalue weighted by atomic mass is 10.2. The summed E-state index contributed by atoms with van der Waals surface area (Å²) >= 11 is 1.26. The number of nitrogens with zero attached hydrogens (tertiary/aromatic N) is 2. The van der Waals surface area contributed by atoms with Crippen LogP contribution in [0.15, 0.2) is 52.4 Å². The molecule has 0 aliphatic heterocycles. The van der Waals surface area contributed by atoms with Gasteiger partial charge in [-0.15, -0.1) is 0 Å². The summed E-state index contributed by atoms with van der Waals surface area (Å²) in [5.74, 6) is 1.32. The fourth-order valence-corrected chi connectivity index (χ4v) is 3.83. The summed E-state index contributed by atoms with van der Waals surface area (Å²) in [5, 5.41) is 3.89. The number of fused-ring (bicyclic) bond motifs is 1. The van der Waals surface area contributed by atoms with Crippen molar-refractivity contribution in [1.29, 1.82) is 0 Å². The summed E-state index contributed by atoms with van der Waals surface area (Å²) < 4.78 is 12.3. The van der Waals surface area contributed by atoms with Crippen molar-refractivity contribution in [3.63, 3.8) is 0 Å². The van der Waals surface area contributed by atoms with Crippen molar-refractivity contribution in [2.75, 3.05) is 26.5 Å². The molecule has 0 fully saturated rings. The molecule has 1 N–H and O–H groups in total. The van der Waals surface area contributed by atoms with Crippen LogP contribution in [0.1, 0.15) is 18.9 Å². The van der Waals surface area contributed by atoms with Gasteiger partial charge < -0.3 is 14.8 Å². The molecule has 0 saturated heterocycles. The van der Waals surface area contributed by atoms with Crippen LogP contribution in [0.25, 0.3) is 10.9 Å². The topological polar surface area (TPSA) is 82.5 Å². The fraction of sp³-hybridized carbons (Fsp3) is 0.318. The molecule has 0 aliphatic carbocycles. The van der Waals surface area contributed by atoms with E-state index in [1.807, 2.05) is 31.2 Å². The maximum atomic E-state index is 13.2. The number of rotatable bonds is 9. The van der Waals surface area contributed by atoms with Gasteiger partial charge in [-0.25, -0.2) is 4.98 Å². The largest absolute Gasteiger partial charge is 0.493 e. The summed E-state index contributed by atoms with van der Waals surface area (Å²) in [6, 6.07) is 12.7. The van der Waals surface area contributed by atoms with Crippen LogP contribution in [-0.2, 0) is 11.3 Å². The smallest absolute Gasteiger partial charge is 0.262 e. The molecule has 2 aromatic carbocycles. The van der Waals surface area contributed by atoms with Crippen LogP contribution in [0, 0.1) is 0 Å². The molecule has 7 nitrogen and oxygen atoms in total. The molecule has 3 aromatic rings. The molecule has 0 spiro atoms. The maximum absolute atomic E-state index is 13.2. The number of nitrogens with one attached hydrogen (secondary N) is 1. The van der Waals surface area contributed by atoms with Crippen molar-refractivity contribution in [1.82, 2.24) is 14.9 Å². The number of hydrogen-bond acceptors (Lipinski definition) is 6. The van der Waals surface area contributed by atoms with Gasteiger partial charge in [0.2, 0.25) is 5.91 Å². The first kappa shape index (κ1) is 21.7. The first-order chi connectivity index (χ1) is 14.6. The zero-order valence-corrected chi connectivity index (χ0v) is 18.1. The average molecular weight is 428 g/mol. The molecule has 0 saturated carbocycles. The molecule has 8 heteroatoms. The molecule has 0 bridgehead atoms. The lowest BCUT2D eigenvalue weighted by molar-refractivity contribution is -0.118. The minimum Gasteiger partial charge on any atom is -0.493 e. The van der Waals surface area contributed by atoms with Crippen molar-refractivity contribution in [3.05, 3.63) is 58.4 Å². The Morgan fingerprint density at radius 3 is 2.63 bits per heavy atom. The molecular weight excluding hydrogens is 402 g/mol. The molecule has 0 atom stereocenters. The molecule has 0 radical (unpaired) electrons. The summed E-state index contributed by atoms with van der Waals surface area (Å²) in [6.45, 7) is 2.93. The van der Waals surface area contributed by atoms with Crippen LogP contribution in [0.3, 0.4) is 0 Å². The zero-order valence-electron chi connectivity index (χ0n) is 17.3. The Labute approximate surface area is 179 Å². The van der Waals surface area contributed by atoms with Crippen LogP contribution < -0.4 is 20.3 Å². The number of amides is 1. The van der Waals surface area contributed by atoms with Crippen LogP contribution in [-0.4, -0.2) is 42.0 Å². The Morgan fingerprint density at radius 1 is 1.13 bits per heavy atom. The molecule has 0 unspecified atom stereocenters. The third-order valence-corrected chi connectivity index (χ3v) is 5.50. The standard InChI is InChI=1S/C22H25N3O4S/c1-4-11-23-20(26)14-30-22-24-17-8-6-5-7-16(17)21(27)25(22)13-15-9-10-18(28-2)19(12-15)29-3/h5-10,12H,4,11,13-14H2,1-3H3,(H,23,26). The minimum absolute atomic E-state index is 0.0816. The van der Waals surface area contributed by atoms with Crippen LogP contribution >= 0.6 is 11.8 Å². The summed E-state index contributed by atoms with van der Waals surface area (Å²) in [5.41, 5.74) is 1.33. The summed E-state index contributed by atoms with van der Waals surface area (Å²) in [6.07, 6.45) is 0.870. The summed E-state index contributed by atoms with van der Waals surface area (Å²) in [7, 11) is 3.15. The van der Waals surface area contributed by atoms with E-state index >= 15 is 0 Å². The molecule has 158 valence electrons. The van der Waals surface area contributed by atoms with E-state index in [4.69, 9.17) is 9.47 Å². The Bertz CT molecular complexity index is 1100. The highest BCUT2D eigenvalue weighted by atomic mass is 32.2. The van der Waals surface area contributed by atoms with Gasteiger partial charge in [0.25, 0.3) is 5.56 Å². The Morgan fingerprint density at radius 2 is 1.90 bits per heavy atom. The van der Waals surface area contributed by atoms with Crippen LogP contribution in [0.2, 0.25) is 0 Å². The molecule has 3 rings (SSSR count). The fourth-order valence-electron chi connectivity index (χ4n) is 3.00. The van der Waals surface area contributed by atoms with Gasteiger partial charge in [-0.1, -0.05) is 36.9 Å². The van der Waals surface area contributed by atoms with Crippen molar-refractivity contribution in [3.8, 4) is 11.5 Å². The highest BCUT2D eigenvalue weighted by Crippen LogP contribution is 2.28. The molecular formula is C22H25N3O4S. The van der Waals surface area contributed by atoms with Gasteiger partial charge in [0.05, 0.1) is 37.4 Å². The van der Waals surface area contributed by atoms with Gasteiger partial charge in [0, 0.05) is 6.54 Å². The van der Waals surface area contributed by atoms with Crippen molar-refractivity contribution in [2.45, 2.75) is 25.0 Å². The normalized spacial score (nSPS) is 10.8. The lowest BCUT2D eigenvalue weighted by Crippen LogP contribution is -2.27. The number of para-hydroxylation sites is 1. The van der Waals surface area contributed by atoms with E-state index in [9.17, 15) is 9.59 Å². The second kappa shape index (κ2) is 10.2. The molecule has 30 heavy (non-hydrogen) atoms. The third-order valence-electron chi connectivity index (χ3n) is 4.52. The predicted octanol–water partition coefficient (Wildman–Crippen LogP) is 3.08. The second-order valence-electron chi connectivity index (χ2n) is 6.63. The number of thioether (sulfide) groups is 1. The van der Waals surface area contributed by atoms with E-state index in [0.29, 0.717) is 40.6 Å². The molecule has 1 heterocycles. The number of benzene rings is 2. The molecule has 1 amide bonds. The van der Waals surface area contributed by atoms with Crippen LogP contribution in [0.5, 0.6) is 11.5 Å². The number of carbonyl (C=O) groups is 1. The molecule has 1 aromatic heterocycles. The van der Waals surface area contributed by atoms with E-state index in [2.05, 4.69) is 10.3 Å². The van der Waals surface area contributed by atoms with Crippen molar-refractivity contribution < 1.29 is 14.3 Å². The first-order valence-electron chi connectivity index (χ1n) is 9.67. The number of methoxy groups -OCH3 is 2. The van der Waals surface area contributed by atoms with Crippen molar-refractivity contribution in [2.24, 2.45) is 0 Å². The maximum Gasteiger partial charge on any atom is 0.262 e. The summed E-state index contributed by atoms with van der Waals surface area (Å²) in [4.78, 5) is 29.9. The molecule has 0 aliphatic rings. The van der Waals surface area contributed by atoms with Gasteiger partial charge in [-0.3, -0.25) is 14.2 Å². The van der Waals surface area contributed by atoms with Gasteiger partial charge >= 0.3 is 0 Å². The minimum atomic E-state index is -0.146. The Balaban J connectivity index is 1.98. The first-order valence-corrected chi connectivity index (χ1v) is 10.7. The van der Waals surface area contributed by atoms with Gasteiger partial charge in [0.1, 0.15) is 0 Å². The van der Waals surface area contributed by atoms with Gasteiger partial charge in [0.15, 0.2) is 16.7 Å². The van der Waals surface area contributed by atoms with E-state index in [1.54, 1.807) is 37.0 Å². The highest BCUT2D eigenvalue weighted by Gasteiger charge is 2.14. The number of hydrogen-bond donors (Lipinski definition) is 1. The highest BCUT2D eigenvalue weighted by molar-refractivity contribution is 7.99. The van der Waals surface area contributed by atoms with E-state index in [0.717, 1.165) is 12.0 Å². The monoisotopic (exact) mass is 427 g/mol. The number of aromatic nitrogens is 2. The Hall–Kier alpha value is -3.00. The Kier molecular flexibility index (Phi) is 7.35. The quantitative estimate of drug-likeness (QED) is 0.417. The number of carbonyl (C=O) groups excluding carboxylic acids is 1. The SMILES string of the molecule is CCCNC(=O)CSc1nc2ccccc2c(=O)n1Cc1ccc(OC)c(OC)c1. The lowest BCUT2D eigenvalue weighted by Gasteiger charge is -2.14. The third kappa shape index (κ3) is 4.94. The van der Waals surface area contributed by atoms with E-state index in [-0.39, 0.29) is 17.2 Å². The van der Waals surface area contributed by atoms with Gasteiger partial charge in [-0.2, -0.15) is 0 Å². The predicted molar refractivity (Wildman–Crippen MR) is 119 cm³/mol. The van der Waals surface area contributed by atoms with Crippen molar-refractivity contribution >= 4 is 28.6 Å². The van der Waals surface area contributed by atoms with E-state index in [1.165, 1.54) is 11.8 Å². The second-order valence-corrected chi connectivity index (χ2v) is 7.57. The zero-order chi connectivity index (χ0) is 21.5. The van der Waals surface area contributed by atoms with E-state index < -0.39 is 0 Å².